The standard InChI is InChI=1S/C23H25ClN2O3S/c1-14-18(12-21(27)25-13-23(2,3)30)19-11-17(29-4)9-10-20(19)26(14)22(28)15-5-7-16(24)8-6-15/h5-11,30H,12-13H2,1-4H3,(H,25,27). The van der Waals surface area contributed by atoms with Crippen LogP contribution in [0.2, 0.25) is 5.02 Å². The molecule has 0 aliphatic rings. The fourth-order valence-corrected chi connectivity index (χ4v) is 3.54. The first-order valence-corrected chi connectivity index (χ1v) is 10.4. The highest BCUT2D eigenvalue weighted by molar-refractivity contribution is 7.81. The van der Waals surface area contributed by atoms with E-state index in [1.165, 1.54) is 0 Å². The summed E-state index contributed by atoms with van der Waals surface area (Å²) in [6.07, 6.45) is 0.153. The molecule has 0 radical (unpaired) electrons. The molecule has 0 bridgehead atoms. The SMILES string of the molecule is COc1ccc2c(c1)c(CC(=O)NCC(C)(C)S)c(C)n2C(=O)c1ccc(Cl)cc1. The second-order valence-electron chi connectivity index (χ2n) is 7.86. The van der Waals surface area contributed by atoms with Gasteiger partial charge in [-0.15, -0.1) is 0 Å². The number of carbonyl (C=O) groups excluding carboxylic acids is 2. The predicted molar refractivity (Wildman–Crippen MR) is 124 cm³/mol. The molecule has 2 aromatic carbocycles. The second-order valence-corrected chi connectivity index (χ2v) is 9.51. The smallest absolute Gasteiger partial charge is 0.262 e. The highest BCUT2D eigenvalue weighted by atomic mass is 35.5. The zero-order valence-electron chi connectivity index (χ0n) is 17.5. The number of hydrogen-bond acceptors (Lipinski definition) is 4. The molecule has 3 rings (SSSR count). The van der Waals surface area contributed by atoms with E-state index in [9.17, 15) is 9.59 Å². The van der Waals surface area contributed by atoms with Crippen molar-refractivity contribution in [2.24, 2.45) is 0 Å². The Kier molecular flexibility index (Phi) is 6.48. The molecule has 1 amide bonds. The van der Waals surface area contributed by atoms with Gasteiger partial charge in [0.15, 0.2) is 0 Å². The molecule has 1 N–H and O–H groups in total. The van der Waals surface area contributed by atoms with Crippen molar-refractivity contribution in [2.45, 2.75) is 31.9 Å². The third-order valence-corrected chi connectivity index (χ3v) is 5.30. The first kappa shape index (κ1) is 22.2. The summed E-state index contributed by atoms with van der Waals surface area (Å²) < 4.78 is 6.69. The van der Waals surface area contributed by atoms with Crippen LogP contribution in [0, 0.1) is 6.92 Å². The summed E-state index contributed by atoms with van der Waals surface area (Å²) in [5.74, 6) is 0.361. The van der Waals surface area contributed by atoms with E-state index in [0.717, 1.165) is 22.2 Å². The molecule has 0 unspecified atom stereocenters. The molecule has 158 valence electrons. The van der Waals surface area contributed by atoms with Gasteiger partial charge >= 0.3 is 0 Å². The third kappa shape index (κ3) is 4.82. The molecular weight excluding hydrogens is 420 g/mol. The normalized spacial score (nSPS) is 11.5. The summed E-state index contributed by atoms with van der Waals surface area (Å²) in [5.41, 5.74) is 2.76. The van der Waals surface area contributed by atoms with Crippen molar-refractivity contribution in [3.8, 4) is 5.75 Å². The Hall–Kier alpha value is -2.44. The fourth-order valence-electron chi connectivity index (χ4n) is 3.33. The lowest BCUT2D eigenvalue weighted by atomic mass is 10.1. The number of thiol groups is 1. The summed E-state index contributed by atoms with van der Waals surface area (Å²) in [6, 6.07) is 12.3. The first-order valence-electron chi connectivity index (χ1n) is 9.58. The van der Waals surface area contributed by atoms with Crippen LogP contribution in [-0.2, 0) is 11.2 Å². The highest BCUT2D eigenvalue weighted by Gasteiger charge is 2.22. The van der Waals surface area contributed by atoms with Crippen molar-refractivity contribution in [1.82, 2.24) is 9.88 Å². The van der Waals surface area contributed by atoms with Crippen LogP contribution in [0.4, 0.5) is 0 Å². The van der Waals surface area contributed by atoms with Crippen molar-refractivity contribution in [1.29, 1.82) is 0 Å². The van der Waals surface area contributed by atoms with E-state index in [0.29, 0.717) is 22.9 Å². The number of ether oxygens (including phenoxy) is 1. The van der Waals surface area contributed by atoms with Crippen LogP contribution in [-0.4, -0.2) is 34.8 Å². The van der Waals surface area contributed by atoms with Crippen LogP contribution in [0.25, 0.3) is 10.9 Å². The number of rotatable bonds is 6. The molecule has 0 fully saturated rings. The molecule has 1 aromatic heterocycles. The molecule has 7 heteroatoms. The monoisotopic (exact) mass is 444 g/mol. The molecule has 0 saturated carbocycles. The topological polar surface area (TPSA) is 60.3 Å². The van der Waals surface area contributed by atoms with Gasteiger partial charge in [-0.3, -0.25) is 14.2 Å². The van der Waals surface area contributed by atoms with Gasteiger partial charge < -0.3 is 10.1 Å². The predicted octanol–water partition coefficient (Wildman–Crippen LogP) is 4.67. The molecule has 3 aromatic rings. The van der Waals surface area contributed by atoms with Gasteiger partial charge in [-0.25, -0.2) is 0 Å². The molecule has 0 aliphatic heterocycles. The molecule has 0 atom stereocenters. The molecule has 1 heterocycles. The van der Waals surface area contributed by atoms with Crippen molar-refractivity contribution in [2.75, 3.05) is 13.7 Å². The summed E-state index contributed by atoms with van der Waals surface area (Å²) in [4.78, 5) is 25.9. The van der Waals surface area contributed by atoms with Crippen LogP contribution in [0.1, 0.15) is 35.5 Å². The summed E-state index contributed by atoms with van der Waals surface area (Å²) in [5, 5.41) is 4.29. The molecule has 0 spiro atoms. The lowest BCUT2D eigenvalue weighted by Crippen LogP contribution is -2.35. The first-order chi connectivity index (χ1) is 14.1. The average Bonchev–Trinajstić information content (AvgIpc) is 2.96. The number of carbonyl (C=O) groups is 2. The maximum atomic E-state index is 13.3. The average molecular weight is 445 g/mol. The van der Waals surface area contributed by atoms with Crippen molar-refractivity contribution in [3.63, 3.8) is 0 Å². The van der Waals surface area contributed by atoms with Crippen LogP contribution in [0.5, 0.6) is 5.75 Å². The van der Waals surface area contributed by atoms with E-state index in [4.69, 9.17) is 16.3 Å². The summed E-state index contributed by atoms with van der Waals surface area (Å²) >= 11 is 10.4. The second kappa shape index (κ2) is 8.74. The Bertz CT molecular complexity index is 1100. The number of hydrogen-bond donors (Lipinski definition) is 2. The van der Waals surface area contributed by atoms with Crippen LogP contribution in [0.15, 0.2) is 42.5 Å². The Morgan fingerprint density at radius 2 is 1.83 bits per heavy atom. The van der Waals surface area contributed by atoms with Gasteiger partial charge in [0.05, 0.1) is 19.0 Å². The van der Waals surface area contributed by atoms with E-state index < -0.39 is 0 Å². The number of nitrogens with one attached hydrogen (secondary N) is 1. The zero-order valence-corrected chi connectivity index (χ0v) is 19.1. The van der Waals surface area contributed by atoms with Crippen LogP contribution in [0.3, 0.4) is 0 Å². The number of amides is 1. The van der Waals surface area contributed by atoms with Gasteiger partial charge in [-0.1, -0.05) is 11.6 Å². The van der Waals surface area contributed by atoms with Gasteiger partial charge in [0.25, 0.3) is 5.91 Å². The minimum Gasteiger partial charge on any atom is -0.497 e. The Balaban J connectivity index is 2.06. The van der Waals surface area contributed by atoms with Crippen molar-refractivity contribution in [3.05, 3.63) is 64.3 Å². The van der Waals surface area contributed by atoms with Gasteiger partial charge in [0, 0.05) is 33.0 Å². The van der Waals surface area contributed by atoms with Crippen LogP contribution < -0.4 is 10.1 Å². The number of fused-ring (bicyclic) bond motifs is 1. The molecular formula is C23H25ClN2O3S. The largest absolute Gasteiger partial charge is 0.497 e. The van der Waals surface area contributed by atoms with Crippen LogP contribution >= 0.6 is 24.2 Å². The Morgan fingerprint density at radius 3 is 2.43 bits per heavy atom. The number of nitrogens with zero attached hydrogens (tertiary/aromatic N) is 1. The maximum absolute atomic E-state index is 13.3. The summed E-state index contributed by atoms with van der Waals surface area (Å²) in [6.45, 7) is 6.16. The fraction of sp³-hybridized carbons (Fsp3) is 0.304. The van der Waals surface area contributed by atoms with Crippen molar-refractivity contribution >= 4 is 46.9 Å². The molecule has 0 aliphatic carbocycles. The van der Waals surface area contributed by atoms with E-state index in [1.54, 1.807) is 42.0 Å². The van der Waals surface area contributed by atoms with E-state index in [-0.39, 0.29) is 23.0 Å². The van der Waals surface area contributed by atoms with E-state index in [2.05, 4.69) is 17.9 Å². The van der Waals surface area contributed by atoms with E-state index >= 15 is 0 Å². The minimum atomic E-state index is -0.313. The number of benzene rings is 2. The number of aromatic nitrogens is 1. The minimum absolute atomic E-state index is 0.124. The Labute approximate surface area is 186 Å². The molecule has 5 nitrogen and oxygen atoms in total. The highest BCUT2D eigenvalue weighted by Crippen LogP contribution is 2.31. The van der Waals surface area contributed by atoms with Gasteiger partial charge in [-0.05, 0) is 68.8 Å². The zero-order chi connectivity index (χ0) is 22.1. The maximum Gasteiger partial charge on any atom is 0.262 e. The van der Waals surface area contributed by atoms with Gasteiger partial charge in [0.1, 0.15) is 5.75 Å². The lowest BCUT2D eigenvalue weighted by molar-refractivity contribution is -0.120. The lowest BCUT2D eigenvalue weighted by Gasteiger charge is -2.17. The molecule has 0 saturated heterocycles. The number of halogens is 1. The third-order valence-electron chi connectivity index (χ3n) is 4.89. The van der Waals surface area contributed by atoms with Crippen molar-refractivity contribution < 1.29 is 14.3 Å². The Morgan fingerprint density at radius 1 is 1.17 bits per heavy atom. The quantitative estimate of drug-likeness (QED) is 0.543. The number of methoxy groups -OCH3 is 1. The van der Waals surface area contributed by atoms with Gasteiger partial charge in [-0.2, -0.15) is 12.6 Å². The summed E-state index contributed by atoms with van der Waals surface area (Å²) in [7, 11) is 1.59. The van der Waals surface area contributed by atoms with Gasteiger partial charge in [0.2, 0.25) is 5.91 Å². The van der Waals surface area contributed by atoms with E-state index in [1.807, 2.05) is 32.9 Å². The molecule has 30 heavy (non-hydrogen) atoms.